The molecule has 2 aliphatic rings. The van der Waals surface area contributed by atoms with Crippen LogP contribution in [0.25, 0.3) is 11.0 Å². The van der Waals surface area contributed by atoms with Crippen molar-refractivity contribution >= 4 is 58.2 Å². The lowest BCUT2D eigenvalue weighted by Crippen LogP contribution is -2.71. The molecule has 2 aliphatic heterocycles. The Labute approximate surface area is 277 Å². The van der Waals surface area contributed by atoms with E-state index in [9.17, 15) is 44.4 Å². The Hall–Kier alpha value is -5.56. The number of nitrogens with one attached hydrogen (secondary N) is 2. The Morgan fingerprint density at radius 3 is 2.56 bits per heavy atom. The minimum atomic E-state index is -1.48. The number of phenolic OH excluding ortho intramolecular Hbond substituents is 3. The van der Waals surface area contributed by atoms with Gasteiger partial charge in [-0.25, -0.2) is 9.48 Å². The zero-order chi connectivity index (χ0) is 34.3. The monoisotopic (exact) mass is 695 g/mol. The molecule has 1 fully saturated rings. The van der Waals surface area contributed by atoms with Crippen LogP contribution in [0.15, 0.2) is 68.3 Å². The lowest BCUT2D eigenvalue weighted by atomic mass is 10.0. The van der Waals surface area contributed by atoms with Gasteiger partial charge in [-0.1, -0.05) is 23.9 Å². The van der Waals surface area contributed by atoms with Gasteiger partial charge in [0.25, 0.3) is 11.8 Å². The highest BCUT2D eigenvalue weighted by molar-refractivity contribution is 8.01. The summed E-state index contributed by atoms with van der Waals surface area (Å²) >= 11 is 2.48. The number of aliphatic carboxylic acids is 1. The van der Waals surface area contributed by atoms with Gasteiger partial charge in [-0.05, 0) is 46.7 Å². The van der Waals surface area contributed by atoms with Crippen LogP contribution in [0.3, 0.4) is 0 Å². The zero-order valence-corrected chi connectivity index (χ0v) is 26.3. The number of carbonyl (C=O) groups is 4. The molecule has 19 heteroatoms. The highest BCUT2D eigenvalue weighted by Gasteiger charge is 2.54. The number of benzene rings is 2. The number of phenols is 3. The van der Waals surface area contributed by atoms with Gasteiger partial charge in [0.05, 0.1) is 5.39 Å². The van der Waals surface area contributed by atoms with Crippen molar-refractivity contribution in [3.05, 3.63) is 75.3 Å². The fourth-order valence-electron chi connectivity index (χ4n) is 5.17. The highest BCUT2D eigenvalue weighted by Crippen LogP contribution is 2.41. The number of fused-ring (bicyclic) bond motifs is 2. The van der Waals surface area contributed by atoms with Gasteiger partial charge in [0, 0.05) is 24.1 Å². The molecule has 4 heterocycles. The van der Waals surface area contributed by atoms with E-state index in [0.29, 0.717) is 17.3 Å². The van der Waals surface area contributed by atoms with Crippen LogP contribution >= 0.6 is 23.5 Å². The van der Waals surface area contributed by atoms with Gasteiger partial charge in [0.15, 0.2) is 11.5 Å². The van der Waals surface area contributed by atoms with Crippen LogP contribution in [0, 0.1) is 0 Å². The van der Waals surface area contributed by atoms with E-state index in [-0.39, 0.29) is 39.5 Å². The molecular formula is C29H25N7O10S2. The number of aromatic hydroxyl groups is 3. The Kier molecular flexibility index (Phi) is 8.71. The number of carboxylic acids is 1. The van der Waals surface area contributed by atoms with Crippen LogP contribution < -0.4 is 16.1 Å². The van der Waals surface area contributed by atoms with Crippen molar-refractivity contribution in [1.29, 1.82) is 0 Å². The Morgan fingerprint density at radius 1 is 1.12 bits per heavy atom. The molecule has 248 valence electrons. The summed E-state index contributed by atoms with van der Waals surface area (Å²) in [4.78, 5) is 66.9. The molecule has 0 saturated carbocycles. The maximum Gasteiger partial charge on any atom is 0.352 e. The van der Waals surface area contributed by atoms with Gasteiger partial charge in [-0.3, -0.25) is 24.1 Å². The predicted molar refractivity (Wildman–Crippen MR) is 168 cm³/mol. The van der Waals surface area contributed by atoms with Crippen molar-refractivity contribution in [1.82, 2.24) is 35.7 Å². The summed E-state index contributed by atoms with van der Waals surface area (Å²) < 4.78 is 6.87. The van der Waals surface area contributed by atoms with Crippen molar-refractivity contribution in [2.24, 2.45) is 0 Å². The fourth-order valence-corrected chi connectivity index (χ4v) is 7.59. The van der Waals surface area contributed by atoms with E-state index in [4.69, 9.17) is 4.42 Å². The molecule has 0 aliphatic carbocycles. The second-order valence-electron chi connectivity index (χ2n) is 10.5. The van der Waals surface area contributed by atoms with Crippen LogP contribution in [0.5, 0.6) is 17.2 Å². The Morgan fingerprint density at radius 2 is 1.85 bits per heavy atom. The number of hydrogen-bond acceptors (Lipinski definition) is 14. The third-order valence-electron chi connectivity index (χ3n) is 7.60. The minimum absolute atomic E-state index is 0.101. The van der Waals surface area contributed by atoms with E-state index < -0.39 is 63.6 Å². The molecule has 6 N–H and O–H groups in total. The molecule has 2 aromatic heterocycles. The predicted octanol–water partition coefficient (Wildman–Crippen LogP) is 0.918. The molecule has 2 aromatic carbocycles. The first-order valence-electron chi connectivity index (χ1n) is 14.1. The average molecular weight is 696 g/mol. The van der Waals surface area contributed by atoms with E-state index in [1.54, 1.807) is 4.68 Å². The molecule has 6 rings (SSSR count). The molecule has 0 bridgehead atoms. The largest absolute Gasteiger partial charge is 0.508 e. The fraction of sp³-hybridized carbons (Fsp3) is 0.241. The van der Waals surface area contributed by atoms with Crippen molar-refractivity contribution in [3.63, 3.8) is 0 Å². The summed E-state index contributed by atoms with van der Waals surface area (Å²) in [5, 5.41) is 55.4. The number of hydrogen-bond donors (Lipinski definition) is 6. The number of β-lactam (4-membered cyclic amide) rings is 1. The summed E-state index contributed by atoms with van der Waals surface area (Å²) in [5.41, 5.74) is -1.01. The molecule has 48 heavy (non-hydrogen) atoms. The number of thioether (sulfide) groups is 2. The summed E-state index contributed by atoms with van der Waals surface area (Å²) in [7, 11) is 0. The second kappa shape index (κ2) is 12.9. The summed E-state index contributed by atoms with van der Waals surface area (Å²) in [5.74, 6) is -4.70. The van der Waals surface area contributed by atoms with Gasteiger partial charge in [-0.2, -0.15) is 0 Å². The average Bonchev–Trinajstić information content (AvgIpc) is 3.53. The standard InChI is InChI=1S/C29H25N7O10S2/c1-2-35-29(32-33-34-35)48-11-13-10-47-27-21(26(43)36(27)22(13)28(44)45)31-25(42)20(12-3-5-14(37)6-4-12)30-24(41)16-9-46-19-8-18(39)17(38)7-15(19)23(16)40/h3-9,20-21,27,37-39H,2,10-11H2,1H3,(H,30,41)(H,31,42)(H,44,45)/t20?,21-,27+/m1/s1. The number of aromatic nitrogens is 4. The molecule has 3 atom stereocenters. The van der Waals surface area contributed by atoms with Crippen molar-refractivity contribution in [2.75, 3.05) is 11.5 Å². The molecule has 0 radical (unpaired) electrons. The topological polar surface area (TPSA) is 250 Å². The molecule has 17 nitrogen and oxygen atoms in total. The molecule has 4 aromatic rings. The summed E-state index contributed by atoms with van der Waals surface area (Å²) in [6, 6.07) is 4.58. The van der Waals surface area contributed by atoms with E-state index in [2.05, 4.69) is 26.2 Å². The van der Waals surface area contributed by atoms with Crippen LogP contribution in [-0.2, 0) is 20.9 Å². The first-order chi connectivity index (χ1) is 23.0. The number of amides is 3. The number of aryl methyl sites for hydroxylation is 1. The molecule has 1 saturated heterocycles. The van der Waals surface area contributed by atoms with Gasteiger partial charge in [-0.15, -0.1) is 16.9 Å². The Balaban J connectivity index is 1.22. The molecule has 1 unspecified atom stereocenters. The maximum absolute atomic E-state index is 13.7. The zero-order valence-electron chi connectivity index (χ0n) is 24.7. The van der Waals surface area contributed by atoms with Crippen LogP contribution in [-0.4, -0.2) is 92.1 Å². The third kappa shape index (κ3) is 5.88. The van der Waals surface area contributed by atoms with E-state index in [1.165, 1.54) is 47.8 Å². The van der Waals surface area contributed by atoms with Gasteiger partial charge >= 0.3 is 5.97 Å². The summed E-state index contributed by atoms with van der Waals surface area (Å²) in [6.45, 7) is 2.37. The Bertz CT molecular complexity index is 2060. The first-order valence-corrected chi connectivity index (χ1v) is 16.2. The molecular weight excluding hydrogens is 670 g/mol. The smallest absolute Gasteiger partial charge is 0.352 e. The normalized spacial score (nSPS) is 17.9. The van der Waals surface area contributed by atoms with Crippen molar-refractivity contribution in [3.8, 4) is 17.2 Å². The SMILES string of the molecule is CCn1nnnc1SCC1=C(C(=O)O)N2C(=O)[C@@H](NC(=O)C(NC(=O)c3coc4cc(O)c(O)cc4c3=O)c3ccc(O)cc3)[C@@H]2SC1. The minimum Gasteiger partial charge on any atom is -0.508 e. The van der Waals surface area contributed by atoms with Crippen LogP contribution in [0.1, 0.15) is 28.9 Å². The van der Waals surface area contributed by atoms with E-state index in [1.807, 2.05) is 6.92 Å². The summed E-state index contributed by atoms with van der Waals surface area (Å²) in [6.07, 6.45) is 0.840. The number of tetrazole rings is 1. The number of nitrogens with zero attached hydrogens (tertiary/aromatic N) is 5. The maximum atomic E-state index is 13.7. The van der Waals surface area contributed by atoms with Crippen molar-refractivity contribution in [2.45, 2.75) is 36.1 Å². The van der Waals surface area contributed by atoms with E-state index in [0.717, 1.165) is 23.3 Å². The van der Waals surface area contributed by atoms with Crippen LogP contribution in [0.4, 0.5) is 0 Å². The third-order valence-corrected chi connectivity index (χ3v) is 9.98. The number of carbonyl (C=O) groups excluding carboxylic acids is 3. The van der Waals surface area contributed by atoms with Gasteiger partial charge < -0.3 is 35.5 Å². The lowest BCUT2D eigenvalue weighted by Gasteiger charge is -2.49. The highest BCUT2D eigenvalue weighted by atomic mass is 32.2. The number of carboxylic acid groups (broad SMARTS) is 1. The van der Waals surface area contributed by atoms with Crippen LogP contribution in [0.2, 0.25) is 0 Å². The first kappa shape index (κ1) is 32.4. The molecule has 0 spiro atoms. The lowest BCUT2D eigenvalue weighted by molar-refractivity contribution is -0.151. The van der Waals surface area contributed by atoms with E-state index >= 15 is 0 Å². The second-order valence-corrected chi connectivity index (χ2v) is 12.6. The van der Waals surface area contributed by atoms with Crippen molar-refractivity contribution < 1.29 is 44.0 Å². The van der Waals surface area contributed by atoms with Gasteiger partial charge in [0.1, 0.15) is 46.3 Å². The molecule has 3 amide bonds. The number of rotatable bonds is 10. The quantitative estimate of drug-likeness (QED) is 0.0767. The van der Waals surface area contributed by atoms with Gasteiger partial charge in [0.2, 0.25) is 16.5 Å².